The summed E-state index contributed by atoms with van der Waals surface area (Å²) in [6.45, 7) is -0.635. The van der Waals surface area contributed by atoms with Crippen molar-refractivity contribution in [1.29, 1.82) is 0 Å². The highest BCUT2D eigenvalue weighted by Gasteiger charge is 2.21. The highest BCUT2D eigenvalue weighted by atomic mass is 32.3. The maximum Gasteiger partial charge on any atom is 0.338 e. The summed E-state index contributed by atoms with van der Waals surface area (Å²) in [5, 5.41) is 7.62. The van der Waals surface area contributed by atoms with Gasteiger partial charge in [0.25, 0.3) is 26.0 Å². The van der Waals surface area contributed by atoms with Crippen LogP contribution in [0.15, 0.2) is 104 Å². The zero-order chi connectivity index (χ0) is 29.0. The minimum Gasteiger partial charge on any atom is -0.452 e. The van der Waals surface area contributed by atoms with Gasteiger partial charge in [-0.3, -0.25) is 14.2 Å². The van der Waals surface area contributed by atoms with Crippen molar-refractivity contribution in [2.45, 2.75) is 8.42 Å². The Balaban J connectivity index is 1.37. The Labute approximate surface area is 243 Å². The molecule has 0 radical (unpaired) electrons. The fourth-order valence-electron chi connectivity index (χ4n) is 3.84. The molecule has 14 heteroatoms. The molecule has 0 aliphatic carbocycles. The number of hydrogen-bond donors (Lipinski definition) is 3. The molecular weight excluding hydrogens is 607 g/mol. The van der Waals surface area contributed by atoms with Crippen LogP contribution in [-0.2, 0) is 29.6 Å². The molecule has 10 nitrogen and oxygen atoms in total. The van der Waals surface area contributed by atoms with E-state index in [1.807, 2.05) is 30.3 Å². The summed E-state index contributed by atoms with van der Waals surface area (Å²) >= 11 is 1.98. The molecular formula is C27H21N3O7S4. The molecule has 2 aromatic heterocycles. The lowest BCUT2D eigenvalue weighted by Crippen LogP contribution is -2.21. The lowest BCUT2D eigenvalue weighted by molar-refractivity contribution is -0.119. The Morgan fingerprint density at radius 3 is 1.88 bits per heavy atom. The lowest BCUT2D eigenvalue weighted by Gasteiger charge is -2.13. The van der Waals surface area contributed by atoms with Gasteiger partial charge in [-0.05, 0) is 52.5 Å². The largest absolute Gasteiger partial charge is 0.452 e. The van der Waals surface area contributed by atoms with Crippen molar-refractivity contribution < 1.29 is 31.2 Å². The molecule has 1 amide bonds. The van der Waals surface area contributed by atoms with Crippen LogP contribution in [0.1, 0.15) is 10.4 Å². The van der Waals surface area contributed by atoms with Crippen LogP contribution in [0.4, 0.5) is 17.1 Å². The molecule has 0 fully saturated rings. The minimum absolute atomic E-state index is 0.0244. The number of nitrogens with one attached hydrogen (secondary N) is 3. The van der Waals surface area contributed by atoms with E-state index in [0.29, 0.717) is 5.69 Å². The van der Waals surface area contributed by atoms with Crippen LogP contribution in [0, 0.1) is 0 Å². The zero-order valence-electron chi connectivity index (χ0n) is 20.9. The molecule has 0 unspecified atom stereocenters. The Kier molecular flexibility index (Phi) is 8.08. The smallest absolute Gasteiger partial charge is 0.338 e. The van der Waals surface area contributed by atoms with Gasteiger partial charge in [0.05, 0.1) is 16.9 Å². The first-order valence-electron chi connectivity index (χ1n) is 11.8. The van der Waals surface area contributed by atoms with Gasteiger partial charge in [-0.2, -0.15) is 0 Å². The summed E-state index contributed by atoms with van der Waals surface area (Å²) in [5.41, 5.74) is 0.187. The van der Waals surface area contributed by atoms with E-state index in [9.17, 15) is 26.4 Å². The molecule has 0 atom stereocenters. The third-order valence-corrected chi connectivity index (χ3v) is 11.1. The predicted molar refractivity (Wildman–Crippen MR) is 160 cm³/mol. The summed E-state index contributed by atoms with van der Waals surface area (Å²) in [6.07, 6.45) is 0. The highest BCUT2D eigenvalue weighted by molar-refractivity contribution is 7.95. The van der Waals surface area contributed by atoms with Gasteiger partial charge in [0.15, 0.2) is 6.61 Å². The molecule has 41 heavy (non-hydrogen) atoms. The summed E-state index contributed by atoms with van der Waals surface area (Å²) in [6, 6.07) is 22.4. The number of amides is 1. The maximum atomic E-state index is 13.0. The van der Waals surface area contributed by atoms with E-state index in [4.69, 9.17) is 4.74 Å². The standard InChI is InChI=1S/C27H21N3O7S4/c31-24(28-23-9-3-7-18-6-1-2-8-22(18)23)17-37-27(32)19-14-20(29-40(33,34)25-10-4-12-38-25)16-21(15-19)30-41(35,36)26-11-5-13-39-26/h1-16,29-30H,17H2,(H,28,31). The molecule has 210 valence electrons. The number of esters is 1. The average Bonchev–Trinajstić information content (AvgIpc) is 3.67. The topological polar surface area (TPSA) is 148 Å². The van der Waals surface area contributed by atoms with E-state index in [2.05, 4.69) is 14.8 Å². The molecule has 5 aromatic rings. The fraction of sp³-hybridized carbons (Fsp3) is 0.0370. The third-order valence-electron chi connectivity index (χ3n) is 5.59. The number of sulfonamides is 2. The van der Waals surface area contributed by atoms with E-state index in [1.165, 1.54) is 30.3 Å². The zero-order valence-corrected chi connectivity index (χ0v) is 24.2. The van der Waals surface area contributed by atoms with Gasteiger partial charge in [-0.25, -0.2) is 21.6 Å². The van der Waals surface area contributed by atoms with Crippen molar-refractivity contribution in [1.82, 2.24) is 0 Å². The van der Waals surface area contributed by atoms with Crippen molar-refractivity contribution in [3.05, 3.63) is 101 Å². The average molecular weight is 628 g/mol. The number of ether oxygens (including phenoxy) is 1. The lowest BCUT2D eigenvalue weighted by atomic mass is 10.1. The van der Waals surface area contributed by atoms with Crippen LogP contribution in [0.2, 0.25) is 0 Å². The fourth-order valence-corrected chi connectivity index (χ4v) is 7.91. The molecule has 0 bridgehead atoms. The second-order valence-electron chi connectivity index (χ2n) is 8.53. The Hall–Kier alpha value is -4.24. The van der Waals surface area contributed by atoms with Crippen LogP contribution in [0.3, 0.4) is 0 Å². The van der Waals surface area contributed by atoms with Crippen molar-refractivity contribution >= 4 is 82.4 Å². The SMILES string of the molecule is O=C(COC(=O)c1cc(NS(=O)(=O)c2cccs2)cc(NS(=O)(=O)c2cccs2)c1)Nc1cccc2ccccc12. The third kappa shape index (κ3) is 6.74. The van der Waals surface area contributed by atoms with Gasteiger partial charge >= 0.3 is 5.97 Å². The molecule has 0 saturated heterocycles. The molecule has 0 spiro atoms. The number of hydrogen-bond acceptors (Lipinski definition) is 9. The summed E-state index contributed by atoms with van der Waals surface area (Å²) in [4.78, 5) is 25.5. The normalized spacial score (nSPS) is 11.6. The van der Waals surface area contributed by atoms with Crippen molar-refractivity contribution in [3.63, 3.8) is 0 Å². The van der Waals surface area contributed by atoms with Crippen LogP contribution in [0.25, 0.3) is 10.8 Å². The molecule has 3 aromatic carbocycles. The van der Waals surface area contributed by atoms with Gasteiger partial charge in [0.1, 0.15) is 8.42 Å². The van der Waals surface area contributed by atoms with Crippen molar-refractivity contribution in [2.24, 2.45) is 0 Å². The summed E-state index contributed by atoms with van der Waals surface area (Å²) in [7, 11) is -8.03. The quantitative estimate of drug-likeness (QED) is 0.177. The molecule has 2 heterocycles. The number of carbonyl (C=O) groups is 2. The summed E-state index contributed by atoms with van der Waals surface area (Å²) < 4.78 is 61.2. The Morgan fingerprint density at radius 2 is 1.29 bits per heavy atom. The van der Waals surface area contributed by atoms with Gasteiger partial charge < -0.3 is 10.1 Å². The Bertz CT molecular complexity index is 1850. The monoisotopic (exact) mass is 627 g/mol. The van der Waals surface area contributed by atoms with E-state index < -0.39 is 38.5 Å². The number of benzene rings is 3. The first-order chi connectivity index (χ1) is 19.6. The molecule has 0 aliphatic heterocycles. The first kappa shape index (κ1) is 28.3. The van der Waals surface area contributed by atoms with Crippen LogP contribution in [0.5, 0.6) is 0 Å². The van der Waals surface area contributed by atoms with E-state index in [1.54, 1.807) is 35.0 Å². The van der Waals surface area contributed by atoms with Crippen LogP contribution < -0.4 is 14.8 Å². The van der Waals surface area contributed by atoms with Crippen LogP contribution >= 0.6 is 22.7 Å². The number of anilines is 3. The summed E-state index contributed by atoms with van der Waals surface area (Å²) in [5.74, 6) is -1.56. The number of carbonyl (C=O) groups excluding carboxylic acids is 2. The van der Waals surface area contributed by atoms with E-state index in [-0.39, 0.29) is 25.4 Å². The molecule has 0 saturated carbocycles. The van der Waals surface area contributed by atoms with E-state index in [0.717, 1.165) is 33.4 Å². The second-order valence-corrected chi connectivity index (χ2v) is 14.2. The van der Waals surface area contributed by atoms with Gasteiger partial charge in [-0.1, -0.05) is 48.5 Å². The van der Waals surface area contributed by atoms with Crippen LogP contribution in [-0.4, -0.2) is 35.3 Å². The predicted octanol–water partition coefficient (Wildman–Crippen LogP) is 5.36. The van der Waals surface area contributed by atoms with Crippen molar-refractivity contribution in [2.75, 3.05) is 21.4 Å². The second kappa shape index (κ2) is 11.7. The van der Waals surface area contributed by atoms with Gasteiger partial charge in [0.2, 0.25) is 0 Å². The highest BCUT2D eigenvalue weighted by Crippen LogP contribution is 2.27. The number of thiophene rings is 2. The molecule has 0 aliphatic rings. The molecule has 5 rings (SSSR count). The maximum absolute atomic E-state index is 13.0. The van der Waals surface area contributed by atoms with Gasteiger partial charge in [0, 0.05) is 11.1 Å². The molecule has 3 N–H and O–H groups in total. The Morgan fingerprint density at radius 1 is 0.707 bits per heavy atom. The van der Waals surface area contributed by atoms with E-state index >= 15 is 0 Å². The van der Waals surface area contributed by atoms with Crippen molar-refractivity contribution in [3.8, 4) is 0 Å². The number of fused-ring (bicyclic) bond motifs is 1. The van der Waals surface area contributed by atoms with Gasteiger partial charge in [-0.15, -0.1) is 22.7 Å². The number of rotatable bonds is 10. The first-order valence-corrected chi connectivity index (χ1v) is 16.6. The minimum atomic E-state index is -4.02.